The molecule has 0 spiro atoms. The number of carboxylic acids is 1. The summed E-state index contributed by atoms with van der Waals surface area (Å²) < 4.78 is 46.8. The number of alkyl halides is 3. The summed E-state index contributed by atoms with van der Waals surface area (Å²) in [6, 6.07) is 0. The van der Waals surface area contributed by atoms with Gasteiger partial charge in [0.25, 0.3) is 0 Å². The Labute approximate surface area is 261 Å². The van der Waals surface area contributed by atoms with Gasteiger partial charge >= 0.3 is 30.2 Å². The van der Waals surface area contributed by atoms with Crippen molar-refractivity contribution in [2.75, 3.05) is 6.61 Å². The Morgan fingerprint density at radius 3 is 1.55 bits per heavy atom. The lowest BCUT2D eigenvalue weighted by molar-refractivity contribution is -0.193. The van der Waals surface area contributed by atoms with Crippen molar-refractivity contribution in [3.8, 4) is 0 Å². The topological polar surface area (TPSA) is 154 Å². The predicted octanol–water partition coefficient (Wildman–Crippen LogP) is 6.76. The fourth-order valence-corrected chi connectivity index (χ4v) is 2.34. The molecule has 0 aromatic heterocycles. The van der Waals surface area contributed by atoms with Crippen molar-refractivity contribution < 1.29 is 61.6 Å². The Morgan fingerprint density at radius 1 is 0.955 bits per heavy atom. The van der Waals surface area contributed by atoms with Crippen LogP contribution in [0.15, 0.2) is 0 Å². The van der Waals surface area contributed by atoms with Crippen LogP contribution in [0.25, 0.3) is 0 Å². The van der Waals surface area contributed by atoms with E-state index in [0.717, 1.165) is 19.4 Å². The molecule has 2 aliphatic rings. The fraction of sp³-hybridized carbons (Fsp3) is 0.871. The number of hydrogen-bond donors (Lipinski definition) is 2. The molecule has 10 nitrogen and oxygen atoms in total. The molecule has 2 fully saturated rings. The van der Waals surface area contributed by atoms with Gasteiger partial charge in [0.15, 0.2) is 0 Å². The van der Waals surface area contributed by atoms with E-state index in [0.29, 0.717) is 24.4 Å². The van der Waals surface area contributed by atoms with Gasteiger partial charge in [0.2, 0.25) is 0 Å². The number of halogens is 3. The van der Waals surface area contributed by atoms with Crippen LogP contribution in [0.5, 0.6) is 0 Å². The van der Waals surface area contributed by atoms with Crippen molar-refractivity contribution in [1.82, 2.24) is 0 Å². The van der Waals surface area contributed by atoms with Gasteiger partial charge in [0.05, 0.1) is 30.1 Å². The molecular formula is C31H57F3O10. The minimum atomic E-state index is -5.08. The van der Waals surface area contributed by atoms with E-state index in [1.807, 2.05) is 41.5 Å². The summed E-state index contributed by atoms with van der Waals surface area (Å²) in [7, 11) is 0. The highest BCUT2D eigenvalue weighted by molar-refractivity contribution is 5.73. The van der Waals surface area contributed by atoms with E-state index < -0.39 is 17.7 Å². The van der Waals surface area contributed by atoms with Crippen molar-refractivity contribution in [2.24, 2.45) is 17.3 Å². The standard InChI is InChI=1S/C11H22O3.C7H12O2.C6H14.C4H8O.C2HF3O2.CO2/c1-8(6-7-9(2)12)10(13)14-11(3,4)5;1-5-3-4-6(2)9-7(5)8;1-5-6(2,3)4;1-4-2-3-5-4;3-2(4,5)1(6)7;2-1-3/h8-9,12H,6-7H2,1-5H3;5-6H,3-4H2,1-2H3;5H2,1-4H3;4H,2-3H2,1H3;(H,6,7);. The van der Waals surface area contributed by atoms with E-state index in [2.05, 4.69) is 34.6 Å². The molecule has 2 aliphatic heterocycles. The van der Waals surface area contributed by atoms with Gasteiger partial charge in [-0.25, -0.2) is 4.79 Å². The molecule has 5 unspecified atom stereocenters. The van der Waals surface area contributed by atoms with Gasteiger partial charge in [-0.05, 0) is 79.1 Å². The van der Waals surface area contributed by atoms with Crippen LogP contribution in [0.1, 0.15) is 122 Å². The number of aliphatic hydroxyl groups excluding tert-OH is 1. The van der Waals surface area contributed by atoms with Gasteiger partial charge in [0, 0.05) is 6.61 Å². The molecule has 2 heterocycles. The minimum absolute atomic E-state index is 0.0336. The van der Waals surface area contributed by atoms with E-state index in [1.165, 1.54) is 12.8 Å². The highest BCUT2D eigenvalue weighted by atomic mass is 19.4. The van der Waals surface area contributed by atoms with Gasteiger partial charge in [-0.1, -0.05) is 48.0 Å². The molecule has 5 atom stereocenters. The molecule has 2 saturated heterocycles. The van der Waals surface area contributed by atoms with E-state index in [1.54, 1.807) is 6.92 Å². The summed E-state index contributed by atoms with van der Waals surface area (Å²) in [6.45, 7) is 25.0. The molecule has 44 heavy (non-hydrogen) atoms. The maximum absolute atomic E-state index is 11.5. The van der Waals surface area contributed by atoms with Crippen molar-refractivity contribution >= 4 is 24.1 Å². The zero-order valence-electron chi connectivity index (χ0n) is 28.6. The van der Waals surface area contributed by atoms with Crippen LogP contribution < -0.4 is 0 Å². The third-order valence-corrected chi connectivity index (χ3v) is 5.78. The number of aliphatic carboxylic acids is 1. The zero-order valence-corrected chi connectivity index (χ0v) is 28.6. The summed E-state index contributed by atoms with van der Waals surface area (Å²) in [5.41, 5.74) is 0.121. The fourth-order valence-electron chi connectivity index (χ4n) is 2.34. The van der Waals surface area contributed by atoms with Gasteiger partial charge in [-0.15, -0.1) is 0 Å². The smallest absolute Gasteiger partial charge is 0.475 e. The first kappa shape index (κ1) is 48.4. The number of carbonyl (C=O) groups is 3. The molecule has 0 saturated carbocycles. The number of cyclic esters (lactones) is 1. The highest BCUT2D eigenvalue weighted by Gasteiger charge is 2.38. The molecule has 262 valence electrons. The second-order valence-electron chi connectivity index (χ2n) is 12.9. The molecule has 2 N–H and O–H groups in total. The molecular weight excluding hydrogens is 589 g/mol. The molecule has 0 aromatic carbocycles. The first-order valence-corrected chi connectivity index (χ1v) is 14.8. The molecule has 13 heteroatoms. The maximum atomic E-state index is 11.5. The Bertz CT molecular complexity index is 805. The molecule has 2 rings (SSSR count). The Balaban J connectivity index is -0.000000232. The van der Waals surface area contributed by atoms with Crippen molar-refractivity contribution in [3.05, 3.63) is 0 Å². The molecule has 0 aliphatic carbocycles. The number of ether oxygens (including phenoxy) is 3. The van der Waals surface area contributed by atoms with Crippen LogP contribution in [0.2, 0.25) is 0 Å². The van der Waals surface area contributed by atoms with Crippen LogP contribution in [-0.4, -0.2) is 71.0 Å². The SMILES string of the molecule is CC(O)CCC(C)C(=O)OC(C)(C)C.CC1CCC(C)C(=O)O1.CC1CCO1.CCC(C)(C)C.O=C(O)C(F)(F)F.O=C=O. The number of carboxylic acid groups (broad SMARTS) is 1. The third-order valence-electron chi connectivity index (χ3n) is 5.78. The average Bonchev–Trinajstić information content (AvgIpc) is 2.83. The van der Waals surface area contributed by atoms with Gasteiger partial charge in [0.1, 0.15) is 5.60 Å². The lowest BCUT2D eigenvalue weighted by atomic mass is 9.94. The normalized spacial score (nSPS) is 20.3. The summed E-state index contributed by atoms with van der Waals surface area (Å²) in [4.78, 5) is 47.4. The first-order chi connectivity index (χ1) is 19.7. The molecule has 0 bridgehead atoms. The first-order valence-electron chi connectivity index (χ1n) is 14.8. The van der Waals surface area contributed by atoms with Crippen LogP contribution in [0.3, 0.4) is 0 Å². The largest absolute Gasteiger partial charge is 0.490 e. The second-order valence-corrected chi connectivity index (χ2v) is 12.9. The van der Waals surface area contributed by atoms with E-state index in [4.69, 9.17) is 38.8 Å². The highest BCUT2D eigenvalue weighted by Crippen LogP contribution is 2.19. The maximum Gasteiger partial charge on any atom is 0.490 e. The lowest BCUT2D eigenvalue weighted by Crippen LogP contribution is -2.28. The summed E-state index contributed by atoms with van der Waals surface area (Å²) in [6.07, 6.45) is 1.39. The van der Waals surface area contributed by atoms with E-state index >= 15 is 0 Å². The Hall–Kier alpha value is -2.50. The van der Waals surface area contributed by atoms with Gasteiger partial charge in [-0.2, -0.15) is 22.8 Å². The molecule has 0 aromatic rings. The number of esters is 2. The third kappa shape index (κ3) is 37.5. The monoisotopic (exact) mass is 646 g/mol. The average molecular weight is 647 g/mol. The van der Waals surface area contributed by atoms with E-state index in [9.17, 15) is 22.8 Å². The number of aliphatic hydroxyl groups is 1. The Morgan fingerprint density at radius 2 is 1.34 bits per heavy atom. The summed E-state index contributed by atoms with van der Waals surface area (Å²) in [5.74, 6) is -2.98. The van der Waals surface area contributed by atoms with Crippen molar-refractivity contribution in [1.29, 1.82) is 0 Å². The van der Waals surface area contributed by atoms with Crippen molar-refractivity contribution in [2.45, 2.75) is 152 Å². The second kappa shape index (κ2) is 24.8. The van der Waals surface area contributed by atoms with Crippen LogP contribution in [0, 0.1) is 17.3 Å². The number of rotatable bonds is 4. The number of carbonyl (C=O) groups excluding carboxylic acids is 4. The summed E-state index contributed by atoms with van der Waals surface area (Å²) >= 11 is 0. The lowest BCUT2D eigenvalue weighted by Gasteiger charge is -2.22. The van der Waals surface area contributed by atoms with Crippen LogP contribution >= 0.6 is 0 Å². The van der Waals surface area contributed by atoms with E-state index in [-0.39, 0.29) is 42.1 Å². The van der Waals surface area contributed by atoms with Crippen molar-refractivity contribution in [3.63, 3.8) is 0 Å². The number of hydrogen-bond acceptors (Lipinski definition) is 9. The molecule has 0 radical (unpaired) electrons. The minimum Gasteiger partial charge on any atom is -0.475 e. The quantitative estimate of drug-likeness (QED) is 0.313. The zero-order chi connectivity index (χ0) is 35.9. The van der Waals surface area contributed by atoms with Gasteiger partial charge in [-0.3, -0.25) is 9.59 Å². The summed E-state index contributed by atoms with van der Waals surface area (Å²) in [5, 5.41) is 16.2. The van der Waals surface area contributed by atoms with Crippen LogP contribution in [-0.2, 0) is 38.2 Å². The predicted molar refractivity (Wildman–Crippen MR) is 158 cm³/mol. The Kier molecular flexibility index (Phi) is 27.3. The molecule has 0 amide bonds. The van der Waals surface area contributed by atoms with Gasteiger partial charge < -0.3 is 24.4 Å². The van der Waals surface area contributed by atoms with Crippen LogP contribution in [0.4, 0.5) is 13.2 Å².